The standard InChI is InChI=1S/C7H13N3S/c1-6-7(10(3)11-4)8-5-9(6)2/h5H,1-4H3. The van der Waals surface area contributed by atoms with Crippen LogP contribution in [0.1, 0.15) is 5.69 Å². The summed E-state index contributed by atoms with van der Waals surface area (Å²) in [5.41, 5.74) is 1.20. The molecule has 0 aliphatic carbocycles. The number of anilines is 1. The number of hydrogen-bond acceptors (Lipinski definition) is 3. The summed E-state index contributed by atoms with van der Waals surface area (Å²) in [5, 5.41) is 0. The Morgan fingerprint density at radius 1 is 1.64 bits per heavy atom. The highest BCUT2D eigenvalue weighted by Crippen LogP contribution is 2.19. The molecule has 0 amide bonds. The van der Waals surface area contributed by atoms with E-state index in [-0.39, 0.29) is 0 Å². The number of aromatic nitrogens is 2. The van der Waals surface area contributed by atoms with Crippen LogP contribution in [0.2, 0.25) is 0 Å². The van der Waals surface area contributed by atoms with E-state index in [0.717, 1.165) is 5.82 Å². The zero-order valence-corrected chi connectivity index (χ0v) is 8.14. The van der Waals surface area contributed by atoms with Crippen LogP contribution in [0.3, 0.4) is 0 Å². The van der Waals surface area contributed by atoms with Gasteiger partial charge in [-0.3, -0.25) is 0 Å². The lowest BCUT2D eigenvalue weighted by Crippen LogP contribution is -2.07. The molecule has 0 aliphatic heterocycles. The van der Waals surface area contributed by atoms with Crippen molar-refractivity contribution >= 4 is 17.8 Å². The van der Waals surface area contributed by atoms with Crippen molar-refractivity contribution in [2.75, 3.05) is 17.6 Å². The number of hydrogen-bond donors (Lipinski definition) is 0. The molecule has 1 aromatic rings. The van der Waals surface area contributed by atoms with E-state index in [1.165, 1.54) is 5.69 Å². The average Bonchev–Trinajstić information content (AvgIpc) is 2.32. The maximum atomic E-state index is 4.25. The summed E-state index contributed by atoms with van der Waals surface area (Å²) in [7, 11) is 4.01. The first-order valence-corrected chi connectivity index (χ1v) is 4.60. The second-order valence-corrected chi connectivity index (χ2v) is 3.36. The van der Waals surface area contributed by atoms with Gasteiger partial charge in [0.25, 0.3) is 0 Å². The summed E-state index contributed by atoms with van der Waals surface area (Å²) >= 11 is 1.66. The molecule has 0 fully saturated rings. The Labute approximate surface area is 71.5 Å². The Morgan fingerprint density at radius 3 is 2.64 bits per heavy atom. The van der Waals surface area contributed by atoms with Gasteiger partial charge in [0.2, 0.25) is 0 Å². The van der Waals surface area contributed by atoms with Gasteiger partial charge < -0.3 is 8.87 Å². The summed E-state index contributed by atoms with van der Waals surface area (Å²) in [4.78, 5) is 4.25. The van der Waals surface area contributed by atoms with E-state index in [2.05, 4.69) is 16.2 Å². The fraction of sp³-hybridized carbons (Fsp3) is 0.571. The molecule has 11 heavy (non-hydrogen) atoms. The maximum Gasteiger partial charge on any atom is 0.159 e. The van der Waals surface area contributed by atoms with E-state index in [1.54, 1.807) is 11.9 Å². The summed E-state index contributed by atoms with van der Waals surface area (Å²) in [6, 6.07) is 0. The van der Waals surface area contributed by atoms with Crippen molar-refractivity contribution in [3.8, 4) is 0 Å². The van der Waals surface area contributed by atoms with Gasteiger partial charge in [0.05, 0.1) is 12.0 Å². The third-order valence-electron chi connectivity index (χ3n) is 1.78. The molecular weight excluding hydrogens is 158 g/mol. The minimum absolute atomic E-state index is 1.04. The van der Waals surface area contributed by atoms with Crippen molar-refractivity contribution in [3.63, 3.8) is 0 Å². The molecule has 0 spiro atoms. The van der Waals surface area contributed by atoms with Crippen molar-refractivity contribution in [2.45, 2.75) is 6.92 Å². The summed E-state index contributed by atoms with van der Waals surface area (Å²) < 4.78 is 4.07. The van der Waals surface area contributed by atoms with Crippen molar-refractivity contribution < 1.29 is 0 Å². The highest BCUT2D eigenvalue weighted by atomic mass is 32.2. The van der Waals surface area contributed by atoms with Crippen LogP contribution in [0.4, 0.5) is 5.82 Å². The average molecular weight is 171 g/mol. The van der Waals surface area contributed by atoms with E-state index in [1.807, 2.05) is 31.2 Å². The molecule has 0 aromatic carbocycles. The van der Waals surface area contributed by atoms with Gasteiger partial charge in [-0.05, 0) is 6.92 Å². The molecule has 0 saturated carbocycles. The van der Waals surface area contributed by atoms with E-state index < -0.39 is 0 Å². The van der Waals surface area contributed by atoms with E-state index in [0.29, 0.717) is 0 Å². The van der Waals surface area contributed by atoms with Crippen LogP contribution in [-0.2, 0) is 7.05 Å². The topological polar surface area (TPSA) is 21.1 Å². The Bertz CT molecular complexity index is 244. The fourth-order valence-electron chi connectivity index (χ4n) is 0.875. The number of imidazole rings is 1. The molecule has 0 radical (unpaired) electrons. The van der Waals surface area contributed by atoms with Crippen LogP contribution in [0, 0.1) is 6.92 Å². The fourth-order valence-corrected chi connectivity index (χ4v) is 1.23. The van der Waals surface area contributed by atoms with Gasteiger partial charge >= 0.3 is 0 Å². The molecule has 1 rings (SSSR count). The van der Waals surface area contributed by atoms with Crippen LogP contribution in [0.15, 0.2) is 6.33 Å². The Hall–Kier alpha value is -0.640. The molecule has 0 atom stereocenters. The van der Waals surface area contributed by atoms with Gasteiger partial charge in [-0.1, -0.05) is 11.9 Å². The first-order chi connectivity index (χ1) is 5.16. The van der Waals surface area contributed by atoms with Crippen LogP contribution in [0.5, 0.6) is 0 Å². The Kier molecular flexibility index (Phi) is 2.44. The molecule has 0 aliphatic rings. The van der Waals surface area contributed by atoms with E-state index >= 15 is 0 Å². The van der Waals surface area contributed by atoms with Gasteiger partial charge in [-0.2, -0.15) is 0 Å². The number of rotatable bonds is 2. The number of aryl methyl sites for hydroxylation is 1. The lowest BCUT2D eigenvalue weighted by atomic mass is 10.5. The molecule has 62 valence electrons. The van der Waals surface area contributed by atoms with Gasteiger partial charge in [0.1, 0.15) is 0 Å². The van der Waals surface area contributed by atoms with E-state index in [9.17, 15) is 0 Å². The van der Waals surface area contributed by atoms with Crippen molar-refractivity contribution in [1.29, 1.82) is 0 Å². The lowest BCUT2D eigenvalue weighted by Gasteiger charge is -2.12. The quantitative estimate of drug-likeness (QED) is 0.628. The van der Waals surface area contributed by atoms with Crippen molar-refractivity contribution in [3.05, 3.63) is 12.0 Å². The maximum absolute atomic E-state index is 4.25. The third kappa shape index (κ3) is 1.50. The van der Waals surface area contributed by atoms with Crippen molar-refractivity contribution in [2.24, 2.45) is 7.05 Å². The van der Waals surface area contributed by atoms with Crippen LogP contribution < -0.4 is 4.31 Å². The molecule has 0 N–H and O–H groups in total. The summed E-state index contributed by atoms with van der Waals surface area (Å²) in [5.74, 6) is 1.04. The minimum Gasteiger partial charge on any atom is -0.336 e. The smallest absolute Gasteiger partial charge is 0.159 e. The second-order valence-electron chi connectivity index (χ2n) is 2.44. The van der Waals surface area contributed by atoms with Gasteiger partial charge in [-0.25, -0.2) is 4.98 Å². The van der Waals surface area contributed by atoms with Gasteiger partial charge in [0, 0.05) is 20.4 Å². The van der Waals surface area contributed by atoms with Crippen LogP contribution in [-0.4, -0.2) is 22.9 Å². The largest absolute Gasteiger partial charge is 0.336 e. The first-order valence-electron chi connectivity index (χ1n) is 3.42. The van der Waals surface area contributed by atoms with Crippen molar-refractivity contribution in [1.82, 2.24) is 9.55 Å². The van der Waals surface area contributed by atoms with Gasteiger partial charge in [-0.15, -0.1) is 0 Å². The van der Waals surface area contributed by atoms with Crippen LogP contribution in [0.25, 0.3) is 0 Å². The SMILES string of the molecule is CSN(C)c1ncn(C)c1C. The Balaban J connectivity index is 2.94. The summed E-state index contributed by atoms with van der Waals surface area (Å²) in [6.45, 7) is 2.06. The Morgan fingerprint density at radius 2 is 2.27 bits per heavy atom. The monoisotopic (exact) mass is 171 g/mol. The molecule has 0 unspecified atom stereocenters. The zero-order valence-electron chi connectivity index (χ0n) is 7.33. The number of nitrogens with zero attached hydrogens (tertiary/aromatic N) is 3. The summed E-state index contributed by atoms with van der Waals surface area (Å²) in [6.07, 6.45) is 3.87. The molecule has 1 heterocycles. The second kappa shape index (κ2) is 3.17. The third-order valence-corrected chi connectivity index (χ3v) is 2.50. The lowest BCUT2D eigenvalue weighted by molar-refractivity contribution is 0.873. The molecular formula is C7H13N3S. The molecule has 3 nitrogen and oxygen atoms in total. The molecule has 4 heteroatoms. The molecule has 0 bridgehead atoms. The van der Waals surface area contributed by atoms with Crippen LogP contribution >= 0.6 is 11.9 Å². The highest BCUT2D eigenvalue weighted by Gasteiger charge is 2.06. The van der Waals surface area contributed by atoms with E-state index in [4.69, 9.17) is 0 Å². The molecule has 0 saturated heterocycles. The molecule has 1 aromatic heterocycles. The predicted molar refractivity (Wildman–Crippen MR) is 49.9 cm³/mol. The normalized spacial score (nSPS) is 10.2. The first kappa shape index (κ1) is 8.46. The minimum atomic E-state index is 1.04. The van der Waals surface area contributed by atoms with Gasteiger partial charge in [0.15, 0.2) is 5.82 Å². The zero-order chi connectivity index (χ0) is 8.43. The highest BCUT2D eigenvalue weighted by molar-refractivity contribution is 7.99. The predicted octanol–water partition coefficient (Wildman–Crippen LogP) is 1.44.